The molecule has 0 aromatic heterocycles. The Labute approximate surface area is 197 Å². The molecule has 0 heterocycles. The van der Waals surface area contributed by atoms with Crippen molar-refractivity contribution in [1.82, 2.24) is 0 Å². The van der Waals surface area contributed by atoms with Crippen molar-refractivity contribution in [1.29, 1.82) is 0 Å². The number of rotatable bonds is 12. The Balaban J connectivity index is 1.78. The number of hydrogen-bond acceptors (Lipinski definition) is 2. The Morgan fingerprint density at radius 3 is 1.00 bits per heavy atom. The molecule has 0 radical (unpaired) electrons. The van der Waals surface area contributed by atoms with E-state index in [2.05, 4.69) is 88.8 Å². The highest BCUT2D eigenvalue weighted by molar-refractivity contribution is 6.75. The van der Waals surface area contributed by atoms with Crippen molar-refractivity contribution in [3.8, 4) is 11.5 Å². The first-order valence-corrected chi connectivity index (χ1v) is 23.8. The molecule has 0 bridgehead atoms. The summed E-state index contributed by atoms with van der Waals surface area (Å²) in [5.74, 6) is 2.18. The molecule has 172 valence electrons. The van der Waals surface area contributed by atoms with Crippen LogP contribution in [0, 0.1) is 0 Å². The molecule has 0 aliphatic rings. The first-order valence-electron chi connectivity index (χ1n) is 12.2. The van der Waals surface area contributed by atoms with Crippen LogP contribution in [0.15, 0.2) is 36.4 Å². The van der Waals surface area contributed by atoms with Gasteiger partial charge in [-0.25, -0.2) is 0 Å². The number of hydrogen-bond donors (Lipinski definition) is 0. The zero-order valence-corrected chi connectivity index (χ0v) is 25.7. The lowest BCUT2D eigenvalue weighted by Crippen LogP contribution is -2.32. The highest BCUT2D eigenvalue weighted by Gasteiger charge is 2.10. The summed E-state index contributed by atoms with van der Waals surface area (Å²) in [6.07, 6.45) is 3.32. The van der Waals surface area contributed by atoms with E-state index in [1.807, 2.05) is 0 Å². The molecular formula is C25H44O2Si4. The fraction of sp³-hybridized carbons (Fsp3) is 0.520. The largest absolute Gasteiger partial charge is 0.494 e. The van der Waals surface area contributed by atoms with Crippen molar-refractivity contribution >= 4 is 55.9 Å². The van der Waals surface area contributed by atoms with E-state index in [-0.39, 0.29) is 0 Å². The van der Waals surface area contributed by atoms with Crippen molar-refractivity contribution in [2.45, 2.75) is 71.6 Å². The molecule has 31 heavy (non-hydrogen) atoms. The van der Waals surface area contributed by atoms with Gasteiger partial charge in [0.15, 0.2) is 0 Å². The Kier molecular flexibility index (Phi) is 10.8. The van der Waals surface area contributed by atoms with E-state index >= 15 is 0 Å². The lowest BCUT2D eigenvalue weighted by atomic mass is 10.2. The Morgan fingerprint density at radius 2 is 0.742 bits per heavy atom. The highest BCUT2D eigenvalue weighted by Crippen LogP contribution is 2.11. The predicted octanol–water partition coefficient (Wildman–Crippen LogP) is 3.09. The van der Waals surface area contributed by atoms with E-state index < -0.39 is 35.2 Å². The normalized spacial score (nSPS) is 11.7. The summed E-state index contributed by atoms with van der Waals surface area (Å²) in [6, 6.07) is 14.1. The minimum Gasteiger partial charge on any atom is -0.494 e. The van der Waals surface area contributed by atoms with Gasteiger partial charge in [0.25, 0.3) is 0 Å². The van der Waals surface area contributed by atoms with E-state index in [0.29, 0.717) is 0 Å². The molecule has 2 nitrogen and oxygen atoms in total. The molecule has 6 heteroatoms. The van der Waals surface area contributed by atoms with Gasteiger partial charge in [-0.2, -0.15) is 0 Å². The third kappa shape index (κ3) is 8.75. The maximum atomic E-state index is 6.15. The molecule has 2 aromatic rings. The third-order valence-electron chi connectivity index (χ3n) is 5.90. The van der Waals surface area contributed by atoms with Crippen LogP contribution in [0.2, 0.25) is 52.4 Å². The molecule has 2 rings (SSSR count). The molecule has 0 saturated carbocycles. The topological polar surface area (TPSA) is 18.5 Å². The second-order valence-electron chi connectivity index (χ2n) is 10.0. The average molecular weight is 489 g/mol. The van der Waals surface area contributed by atoms with Crippen LogP contribution >= 0.6 is 0 Å². The molecule has 0 N–H and O–H groups in total. The average Bonchev–Trinajstić information content (AvgIpc) is 2.72. The Morgan fingerprint density at radius 1 is 0.452 bits per heavy atom. The standard InChI is InChI=1S/C25H44O2Si4/c1-28(2)22-14-20(15-23(18-22)29(3)4)26-12-10-9-11-13-27-21-16-24(30(5)6)19-25(17-21)31(7)8/h14-19,28-31H,9-13H2,1-8H3. The van der Waals surface area contributed by atoms with Crippen molar-refractivity contribution in [3.05, 3.63) is 36.4 Å². The summed E-state index contributed by atoms with van der Waals surface area (Å²) in [6.45, 7) is 20.8. The smallest absolute Gasteiger partial charge is 0.119 e. The summed E-state index contributed by atoms with van der Waals surface area (Å²) >= 11 is 0. The Bertz CT molecular complexity index is 699. The van der Waals surface area contributed by atoms with Gasteiger partial charge in [-0.15, -0.1) is 0 Å². The molecule has 0 unspecified atom stereocenters. The maximum absolute atomic E-state index is 6.15. The summed E-state index contributed by atoms with van der Waals surface area (Å²) in [4.78, 5) is 0. The van der Waals surface area contributed by atoms with Gasteiger partial charge in [0.05, 0.1) is 48.4 Å². The van der Waals surface area contributed by atoms with E-state index in [0.717, 1.165) is 44.0 Å². The van der Waals surface area contributed by atoms with Gasteiger partial charge < -0.3 is 9.47 Å². The maximum Gasteiger partial charge on any atom is 0.119 e. The summed E-state index contributed by atoms with van der Waals surface area (Å²) in [5, 5.41) is 6.16. The SMILES string of the molecule is C[SiH](C)c1cc(OCCCCCOc2cc([SiH](C)C)cc([SiH](C)C)c2)cc([SiH](C)C)c1. The van der Waals surface area contributed by atoms with Crippen molar-refractivity contribution in [2.75, 3.05) is 13.2 Å². The van der Waals surface area contributed by atoms with Crippen LogP contribution in [0.1, 0.15) is 19.3 Å². The molecular weight excluding hydrogens is 445 g/mol. The molecule has 0 amide bonds. The van der Waals surface area contributed by atoms with Crippen LogP contribution < -0.4 is 30.2 Å². The van der Waals surface area contributed by atoms with Crippen molar-refractivity contribution in [3.63, 3.8) is 0 Å². The van der Waals surface area contributed by atoms with E-state index in [9.17, 15) is 0 Å². The van der Waals surface area contributed by atoms with Crippen LogP contribution in [0.5, 0.6) is 11.5 Å². The monoisotopic (exact) mass is 488 g/mol. The summed E-state index contributed by atoms with van der Waals surface area (Å²) < 4.78 is 12.3. The van der Waals surface area contributed by atoms with Crippen LogP contribution in [0.25, 0.3) is 0 Å². The third-order valence-corrected chi connectivity index (χ3v) is 12.6. The second-order valence-corrected chi connectivity index (χ2v) is 22.0. The van der Waals surface area contributed by atoms with Crippen molar-refractivity contribution in [2.24, 2.45) is 0 Å². The Hall–Kier alpha value is -1.09. The van der Waals surface area contributed by atoms with Gasteiger partial charge >= 0.3 is 0 Å². The van der Waals surface area contributed by atoms with E-state index in [4.69, 9.17) is 9.47 Å². The molecule has 0 atom stereocenters. The van der Waals surface area contributed by atoms with Crippen LogP contribution in [-0.2, 0) is 0 Å². The van der Waals surface area contributed by atoms with E-state index in [1.54, 1.807) is 0 Å². The van der Waals surface area contributed by atoms with Gasteiger partial charge in [0.2, 0.25) is 0 Å². The fourth-order valence-corrected chi connectivity index (χ4v) is 8.03. The van der Waals surface area contributed by atoms with Gasteiger partial charge in [-0.1, -0.05) is 85.3 Å². The van der Waals surface area contributed by atoms with Crippen LogP contribution in [0.3, 0.4) is 0 Å². The van der Waals surface area contributed by atoms with Gasteiger partial charge in [-0.3, -0.25) is 0 Å². The number of benzene rings is 2. The predicted molar refractivity (Wildman–Crippen MR) is 152 cm³/mol. The van der Waals surface area contributed by atoms with Gasteiger partial charge in [-0.05, 0) is 43.5 Å². The quantitative estimate of drug-likeness (QED) is 0.338. The van der Waals surface area contributed by atoms with Crippen LogP contribution in [0.4, 0.5) is 0 Å². The lowest BCUT2D eigenvalue weighted by molar-refractivity contribution is 0.280. The number of unbranched alkanes of at least 4 members (excludes halogenated alkanes) is 2. The molecule has 0 aliphatic heterocycles. The first-order chi connectivity index (χ1) is 14.7. The zero-order valence-electron chi connectivity index (χ0n) is 21.1. The van der Waals surface area contributed by atoms with Gasteiger partial charge in [0, 0.05) is 0 Å². The highest BCUT2D eigenvalue weighted by atomic mass is 28.3. The second kappa shape index (κ2) is 12.8. The van der Waals surface area contributed by atoms with Crippen LogP contribution in [-0.4, -0.2) is 48.4 Å². The fourth-order valence-electron chi connectivity index (χ4n) is 3.55. The van der Waals surface area contributed by atoms with E-state index in [1.165, 1.54) is 20.7 Å². The molecule has 0 fully saturated rings. The molecule has 0 spiro atoms. The molecule has 2 aromatic carbocycles. The number of ether oxygens (including phenoxy) is 2. The summed E-state index contributed by atoms with van der Waals surface area (Å²) in [5.41, 5.74) is 0. The molecule has 0 saturated heterocycles. The summed E-state index contributed by atoms with van der Waals surface area (Å²) in [7, 11) is -3.21. The minimum atomic E-state index is -0.803. The zero-order chi connectivity index (χ0) is 23.0. The molecule has 0 aliphatic carbocycles. The van der Waals surface area contributed by atoms with Crippen molar-refractivity contribution < 1.29 is 9.47 Å². The minimum absolute atomic E-state index is 0.803. The lowest BCUT2D eigenvalue weighted by Gasteiger charge is -2.15. The van der Waals surface area contributed by atoms with Gasteiger partial charge in [0.1, 0.15) is 11.5 Å². The first kappa shape index (κ1) is 26.2.